The number of H-pyrrole nitrogens is 1. The van der Waals surface area contributed by atoms with Gasteiger partial charge < -0.3 is 10.1 Å². The average molecular weight is 259 g/mol. The molecule has 2 rings (SSSR count). The molecule has 0 bridgehead atoms. The lowest BCUT2D eigenvalue weighted by atomic mass is 10.1. The first-order valence-electron chi connectivity index (χ1n) is 6.16. The Morgan fingerprint density at radius 1 is 1.37 bits per heavy atom. The maximum atomic E-state index is 11.7. The summed E-state index contributed by atoms with van der Waals surface area (Å²) in [5, 5.41) is 9.45. The number of nitrogens with one attached hydrogen (secondary N) is 2. The number of aromatic nitrogens is 2. The molecular formula is C14H17N3O2. The Kier molecular flexibility index (Phi) is 4.55. The number of hydrogen-bond acceptors (Lipinski definition) is 3. The normalized spacial score (nSPS) is 10.2. The molecule has 0 aliphatic heterocycles. The van der Waals surface area contributed by atoms with E-state index in [1.807, 2.05) is 24.3 Å². The number of para-hydroxylation sites is 1. The van der Waals surface area contributed by atoms with Gasteiger partial charge in [0, 0.05) is 18.4 Å². The molecule has 0 aliphatic rings. The van der Waals surface area contributed by atoms with E-state index >= 15 is 0 Å². The number of benzene rings is 1. The van der Waals surface area contributed by atoms with Crippen molar-refractivity contribution in [3.8, 4) is 5.75 Å². The van der Waals surface area contributed by atoms with Crippen LogP contribution in [0.25, 0.3) is 0 Å². The summed E-state index contributed by atoms with van der Waals surface area (Å²) in [6.07, 6.45) is 2.71. The van der Waals surface area contributed by atoms with Crippen LogP contribution in [0.3, 0.4) is 0 Å². The molecule has 0 fully saturated rings. The van der Waals surface area contributed by atoms with Crippen LogP contribution < -0.4 is 10.1 Å². The molecule has 0 radical (unpaired) electrons. The number of nitrogens with zero attached hydrogens (tertiary/aromatic N) is 1. The smallest absolute Gasteiger partial charge is 0.226 e. The van der Waals surface area contributed by atoms with E-state index in [2.05, 4.69) is 15.5 Å². The second kappa shape index (κ2) is 6.58. The molecule has 1 aromatic heterocycles. The van der Waals surface area contributed by atoms with E-state index in [0.717, 1.165) is 23.4 Å². The predicted molar refractivity (Wildman–Crippen MR) is 72.0 cm³/mol. The summed E-state index contributed by atoms with van der Waals surface area (Å²) in [6, 6.07) is 9.60. The third-order valence-corrected chi connectivity index (χ3v) is 2.82. The van der Waals surface area contributed by atoms with Gasteiger partial charge in [0.25, 0.3) is 0 Å². The average Bonchev–Trinajstić information content (AvgIpc) is 2.92. The molecule has 100 valence electrons. The van der Waals surface area contributed by atoms with Gasteiger partial charge in [-0.1, -0.05) is 18.2 Å². The summed E-state index contributed by atoms with van der Waals surface area (Å²) in [4.78, 5) is 11.7. The first kappa shape index (κ1) is 13.1. The summed E-state index contributed by atoms with van der Waals surface area (Å²) in [6.45, 7) is 0.591. The van der Waals surface area contributed by atoms with Crippen molar-refractivity contribution in [1.82, 2.24) is 15.5 Å². The lowest BCUT2D eigenvalue weighted by Crippen LogP contribution is -2.27. The van der Waals surface area contributed by atoms with Crippen molar-refractivity contribution in [3.05, 3.63) is 47.8 Å². The predicted octanol–water partition coefficient (Wildman–Crippen LogP) is 1.32. The van der Waals surface area contributed by atoms with E-state index in [1.165, 1.54) is 0 Å². The number of hydrogen-bond donors (Lipinski definition) is 2. The van der Waals surface area contributed by atoms with Crippen LogP contribution in [0, 0.1) is 0 Å². The number of methoxy groups -OCH3 is 1. The minimum absolute atomic E-state index is 0.0147. The molecule has 1 amide bonds. The Morgan fingerprint density at radius 3 is 2.95 bits per heavy atom. The summed E-state index contributed by atoms with van der Waals surface area (Å²) >= 11 is 0. The zero-order valence-corrected chi connectivity index (χ0v) is 10.8. The molecule has 0 unspecified atom stereocenters. The highest BCUT2D eigenvalue weighted by Crippen LogP contribution is 2.17. The monoisotopic (exact) mass is 259 g/mol. The molecule has 0 saturated carbocycles. The standard InChI is InChI=1S/C14H17N3O2/c1-19-13-5-3-2-4-11(13)6-8-15-14(18)10-12-7-9-16-17-12/h2-5,7,9H,6,8,10H2,1H3,(H,15,18)(H,16,17). The van der Waals surface area contributed by atoms with E-state index in [0.29, 0.717) is 13.0 Å². The summed E-state index contributed by atoms with van der Waals surface area (Å²) < 4.78 is 5.26. The molecule has 2 N–H and O–H groups in total. The first-order valence-corrected chi connectivity index (χ1v) is 6.16. The Labute approximate surface area is 112 Å². The van der Waals surface area contributed by atoms with Gasteiger partial charge in [-0.3, -0.25) is 9.89 Å². The Balaban J connectivity index is 1.78. The molecule has 0 saturated heterocycles. The fourth-order valence-electron chi connectivity index (χ4n) is 1.86. The summed E-state index contributed by atoms with van der Waals surface area (Å²) in [5.41, 5.74) is 1.90. The topological polar surface area (TPSA) is 67.0 Å². The van der Waals surface area contributed by atoms with Crippen molar-refractivity contribution in [2.24, 2.45) is 0 Å². The Bertz CT molecular complexity index is 523. The number of amides is 1. The van der Waals surface area contributed by atoms with Gasteiger partial charge in [-0.2, -0.15) is 5.10 Å². The maximum Gasteiger partial charge on any atom is 0.226 e. The van der Waals surface area contributed by atoms with Gasteiger partial charge in [0.2, 0.25) is 5.91 Å². The third-order valence-electron chi connectivity index (χ3n) is 2.82. The first-order chi connectivity index (χ1) is 9.29. The van der Waals surface area contributed by atoms with Crippen molar-refractivity contribution in [1.29, 1.82) is 0 Å². The van der Waals surface area contributed by atoms with Gasteiger partial charge in [0.05, 0.1) is 13.5 Å². The quantitative estimate of drug-likeness (QED) is 0.822. The number of carbonyl (C=O) groups excluding carboxylic acids is 1. The van der Waals surface area contributed by atoms with Crippen LogP contribution in [0.4, 0.5) is 0 Å². The van der Waals surface area contributed by atoms with Crippen molar-refractivity contribution >= 4 is 5.91 Å². The van der Waals surface area contributed by atoms with Gasteiger partial charge in [0.15, 0.2) is 0 Å². The maximum absolute atomic E-state index is 11.7. The van der Waals surface area contributed by atoms with Crippen LogP contribution in [0.1, 0.15) is 11.3 Å². The van der Waals surface area contributed by atoms with Crippen LogP contribution >= 0.6 is 0 Å². The number of ether oxygens (including phenoxy) is 1. The van der Waals surface area contributed by atoms with Gasteiger partial charge in [-0.25, -0.2) is 0 Å². The molecule has 5 heteroatoms. The minimum atomic E-state index is -0.0147. The van der Waals surface area contributed by atoms with Crippen molar-refractivity contribution in [2.75, 3.05) is 13.7 Å². The lowest BCUT2D eigenvalue weighted by Gasteiger charge is -2.08. The van der Waals surface area contributed by atoms with Crippen molar-refractivity contribution < 1.29 is 9.53 Å². The van der Waals surface area contributed by atoms with Crippen LogP contribution in [0.5, 0.6) is 5.75 Å². The zero-order chi connectivity index (χ0) is 13.5. The van der Waals surface area contributed by atoms with Crippen LogP contribution in [-0.4, -0.2) is 29.8 Å². The summed E-state index contributed by atoms with van der Waals surface area (Å²) in [7, 11) is 1.65. The van der Waals surface area contributed by atoms with Gasteiger partial charge in [-0.05, 0) is 24.1 Å². The van der Waals surface area contributed by atoms with Gasteiger partial charge in [-0.15, -0.1) is 0 Å². The lowest BCUT2D eigenvalue weighted by molar-refractivity contribution is -0.120. The highest BCUT2D eigenvalue weighted by Gasteiger charge is 2.05. The highest BCUT2D eigenvalue weighted by atomic mass is 16.5. The molecule has 19 heavy (non-hydrogen) atoms. The number of aromatic amines is 1. The zero-order valence-electron chi connectivity index (χ0n) is 10.8. The molecule has 0 aliphatic carbocycles. The minimum Gasteiger partial charge on any atom is -0.496 e. The van der Waals surface area contributed by atoms with Gasteiger partial charge in [0.1, 0.15) is 5.75 Å². The molecular weight excluding hydrogens is 242 g/mol. The van der Waals surface area contributed by atoms with Gasteiger partial charge >= 0.3 is 0 Å². The second-order valence-corrected chi connectivity index (χ2v) is 4.17. The molecule has 2 aromatic rings. The van der Waals surface area contributed by atoms with Crippen molar-refractivity contribution in [2.45, 2.75) is 12.8 Å². The van der Waals surface area contributed by atoms with E-state index in [1.54, 1.807) is 19.4 Å². The van der Waals surface area contributed by atoms with Crippen LogP contribution in [-0.2, 0) is 17.6 Å². The van der Waals surface area contributed by atoms with E-state index in [9.17, 15) is 4.79 Å². The Morgan fingerprint density at radius 2 is 2.21 bits per heavy atom. The molecule has 5 nitrogen and oxygen atoms in total. The van der Waals surface area contributed by atoms with E-state index in [4.69, 9.17) is 4.74 Å². The molecule has 1 heterocycles. The van der Waals surface area contributed by atoms with Crippen LogP contribution in [0.15, 0.2) is 36.5 Å². The fourth-order valence-corrected chi connectivity index (χ4v) is 1.86. The molecule has 1 aromatic carbocycles. The Hall–Kier alpha value is -2.30. The fraction of sp³-hybridized carbons (Fsp3) is 0.286. The van der Waals surface area contributed by atoms with Crippen molar-refractivity contribution in [3.63, 3.8) is 0 Å². The number of rotatable bonds is 6. The number of carbonyl (C=O) groups is 1. The summed E-state index contributed by atoms with van der Waals surface area (Å²) in [5.74, 6) is 0.837. The molecule has 0 spiro atoms. The highest BCUT2D eigenvalue weighted by molar-refractivity contribution is 5.78. The van der Waals surface area contributed by atoms with E-state index < -0.39 is 0 Å². The van der Waals surface area contributed by atoms with E-state index in [-0.39, 0.29) is 5.91 Å². The largest absolute Gasteiger partial charge is 0.496 e. The third kappa shape index (κ3) is 3.84. The van der Waals surface area contributed by atoms with Crippen LogP contribution in [0.2, 0.25) is 0 Å². The molecule has 0 atom stereocenters. The second-order valence-electron chi connectivity index (χ2n) is 4.17. The SMILES string of the molecule is COc1ccccc1CCNC(=O)Cc1ccn[nH]1.